The fourth-order valence-corrected chi connectivity index (χ4v) is 1.65. The smallest absolute Gasteiger partial charge is 0.238 e. The van der Waals surface area contributed by atoms with Gasteiger partial charge in [-0.1, -0.05) is 19.1 Å². The quantitative estimate of drug-likeness (QED) is 0.902. The predicted octanol–water partition coefficient (Wildman–Crippen LogP) is 3.99. The number of nitrogens with zero attached hydrogens (tertiary/aromatic N) is 2. The second-order valence-corrected chi connectivity index (χ2v) is 4.66. The van der Waals surface area contributed by atoms with E-state index in [2.05, 4.69) is 31.2 Å². The zero-order chi connectivity index (χ0) is 13.7. The molecule has 2 rings (SSSR count). The van der Waals surface area contributed by atoms with Crippen molar-refractivity contribution in [2.45, 2.75) is 13.3 Å². The van der Waals surface area contributed by atoms with Gasteiger partial charge in [0.2, 0.25) is 11.8 Å². The van der Waals surface area contributed by atoms with Crippen LogP contribution >= 0.6 is 15.9 Å². The highest BCUT2D eigenvalue weighted by molar-refractivity contribution is 9.10. The Bertz CT molecular complexity index is 565. The average Bonchev–Trinajstić information content (AvgIpc) is 2.42. The minimum absolute atomic E-state index is 0.128. The molecule has 0 bridgehead atoms. The van der Waals surface area contributed by atoms with Crippen LogP contribution in [0.15, 0.2) is 34.9 Å². The number of aromatic nitrogens is 2. The molecule has 1 heterocycles. The molecule has 0 spiro atoms. The van der Waals surface area contributed by atoms with Crippen LogP contribution in [-0.2, 0) is 0 Å². The third kappa shape index (κ3) is 3.64. The fourth-order valence-electron chi connectivity index (χ4n) is 1.38. The Hall–Kier alpha value is -1.69. The van der Waals surface area contributed by atoms with E-state index in [4.69, 9.17) is 4.74 Å². The molecule has 0 saturated heterocycles. The molecule has 0 aliphatic carbocycles. The molecule has 0 aliphatic heterocycles. The van der Waals surface area contributed by atoms with E-state index in [9.17, 15) is 4.39 Å². The normalized spacial score (nSPS) is 10.3. The van der Waals surface area contributed by atoms with Crippen molar-refractivity contribution in [2.75, 3.05) is 11.9 Å². The Kier molecular flexibility index (Phi) is 4.68. The number of halogens is 2. The molecule has 1 aromatic heterocycles. The van der Waals surface area contributed by atoms with Crippen LogP contribution in [0.5, 0.6) is 11.6 Å². The number of hydrogen-bond acceptors (Lipinski definition) is 4. The molecule has 0 amide bonds. The highest BCUT2D eigenvalue weighted by Crippen LogP contribution is 2.29. The molecule has 0 atom stereocenters. The molecule has 100 valence electrons. The monoisotopic (exact) mass is 325 g/mol. The summed E-state index contributed by atoms with van der Waals surface area (Å²) in [6.45, 7) is 2.81. The Morgan fingerprint density at radius 2 is 2.16 bits per heavy atom. The van der Waals surface area contributed by atoms with E-state index in [0.29, 0.717) is 10.4 Å². The van der Waals surface area contributed by atoms with Crippen molar-refractivity contribution in [1.29, 1.82) is 0 Å². The molecule has 2 aromatic rings. The third-order valence-electron chi connectivity index (χ3n) is 2.29. The predicted molar refractivity (Wildman–Crippen MR) is 75.0 cm³/mol. The van der Waals surface area contributed by atoms with E-state index in [1.54, 1.807) is 24.4 Å². The molecule has 0 unspecified atom stereocenters. The van der Waals surface area contributed by atoms with Gasteiger partial charge in [0.1, 0.15) is 0 Å². The molecule has 0 radical (unpaired) electrons. The van der Waals surface area contributed by atoms with Crippen LogP contribution in [0.25, 0.3) is 0 Å². The van der Waals surface area contributed by atoms with E-state index < -0.39 is 5.82 Å². The number of anilines is 1. The molecule has 1 aromatic carbocycles. The van der Waals surface area contributed by atoms with Crippen LogP contribution in [0.4, 0.5) is 10.3 Å². The van der Waals surface area contributed by atoms with Crippen molar-refractivity contribution in [2.24, 2.45) is 0 Å². The van der Waals surface area contributed by atoms with Crippen molar-refractivity contribution in [3.63, 3.8) is 0 Å². The minimum atomic E-state index is -0.434. The summed E-state index contributed by atoms with van der Waals surface area (Å²) >= 11 is 3.28. The lowest BCUT2D eigenvalue weighted by molar-refractivity contribution is 0.424. The van der Waals surface area contributed by atoms with Gasteiger partial charge in [-0.25, -0.2) is 9.37 Å². The number of benzene rings is 1. The molecular weight excluding hydrogens is 313 g/mol. The second kappa shape index (κ2) is 6.47. The zero-order valence-corrected chi connectivity index (χ0v) is 11.9. The summed E-state index contributed by atoms with van der Waals surface area (Å²) in [6, 6.07) is 6.18. The summed E-state index contributed by atoms with van der Waals surface area (Å²) in [6.07, 6.45) is 2.53. The lowest BCUT2D eigenvalue weighted by atomic mass is 10.3. The minimum Gasteiger partial charge on any atom is -0.435 e. The molecule has 1 N–H and O–H groups in total. The molecular formula is C13H13BrFN3O. The first-order chi connectivity index (χ1) is 9.20. The number of hydrogen-bond donors (Lipinski definition) is 1. The summed E-state index contributed by atoms with van der Waals surface area (Å²) in [5.41, 5.74) is 0. The largest absolute Gasteiger partial charge is 0.435 e. The summed E-state index contributed by atoms with van der Waals surface area (Å²) < 4.78 is 19.5. The van der Waals surface area contributed by atoms with E-state index >= 15 is 0 Å². The summed E-state index contributed by atoms with van der Waals surface area (Å²) in [5, 5.41) is 3.05. The molecule has 19 heavy (non-hydrogen) atoms. The highest BCUT2D eigenvalue weighted by Gasteiger charge is 2.10. The molecule has 0 fully saturated rings. The van der Waals surface area contributed by atoms with Gasteiger partial charge in [-0.3, -0.25) is 0 Å². The lowest BCUT2D eigenvalue weighted by Crippen LogP contribution is -2.05. The van der Waals surface area contributed by atoms with Crippen molar-refractivity contribution in [3.05, 3.63) is 40.8 Å². The van der Waals surface area contributed by atoms with Gasteiger partial charge in [-0.15, -0.1) is 0 Å². The van der Waals surface area contributed by atoms with Gasteiger partial charge >= 0.3 is 0 Å². The highest BCUT2D eigenvalue weighted by atomic mass is 79.9. The Labute approximate surface area is 119 Å². The lowest BCUT2D eigenvalue weighted by Gasteiger charge is -2.09. The van der Waals surface area contributed by atoms with Gasteiger partial charge in [-0.2, -0.15) is 4.98 Å². The van der Waals surface area contributed by atoms with Gasteiger partial charge in [0.15, 0.2) is 11.6 Å². The summed E-state index contributed by atoms with van der Waals surface area (Å²) in [5.74, 6) is 0.425. The van der Waals surface area contributed by atoms with Gasteiger partial charge in [-0.05, 0) is 34.5 Å². The van der Waals surface area contributed by atoms with E-state index in [0.717, 1.165) is 13.0 Å². The maximum absolute atomic E-state index is 13.5. The molecule has 0 aliphatic rings. The maximum Gasteiger partial charge on any atom is 0.238 e. The van der Waals surface area contributed by atoms with Crippen LogP contribution in [-0.4, -0.2) is 16.5 Å². The van der Waals surface area contributed by atoms with Crippen molar-refractivity contribution < 1.29 is 9.13 Å². The van der Waals surface area contributed by atoms with E-state index in [-0.39, 0.29) is 11.6 Å². The van der Waals surface area contributed by atoms with Gasteiger partial charge < -0.3 is 10.1 Å². The van der Waals surface area contributed by atoms with Gasteiger partial charge in [0.25, 0.3) is 0 Å². The van der Waals surface area contributed by atoms with E-state index in [1.165, 1.54) is 6.07 Å². The fraction of sp³-hybridized carbons (Fsp3) is 0.231. The number of ether oxygens (including phenoxy) is 1. The van der Waals surface area contributed by atoms with Crippen molar-refractivity contribution >= 4 is 21.9 Å². The van der Waals surface area contributed by atoms with Crippen LogP contribution in [0.3, 0.4) is 0 Å². The Morgan fingerprint density at radius 3 is 2.89 bits per heavy atom. The van der Waals surface area contributed by atoms with Gasteiger partial charge in [0.05, 0.1) is 10.7 Å². The van der Waals surface area contributed by atoms with Crippen molar-refractivity contribution in [3.8, 4) is 11.6 Å². The van der Waals surface area contributed by atoms with Crippen LogP contribution < -0.4 is 10.1 Å². The first-order valence-electron chi connectivity index (χ1n) is 5.89. The topological polar surface area (TPSA) is 47.0 Å². The third-order valence-corrected chi connectivity index (χ3v) is 2.83. The molecule has 4 nitrogen and oxygen atoms in total. The van der Waals surface area contributed by atoms with Gasteiger partial charge in [0, 0.05) is 6.54 Å². The number of rotatable bonds is 5. The second-order valence-electron chi connectivity index (χ2n) is 3.81. The SMILES string of the molecule is CCCNc1ncc(Br)c(Oc2ccccc2F)n1. The number of para-hydroxylation sites is 1. The first-order valence-corrected chi connectivity index (χ1v) is 6.68. The first kappa shape index (κ1) is 13.7. The average molecular weight is 326 g/mol. The van der Waals surface area contributed by atoms with Crippen molar-refractivity contribution in [1.82, 2.24) is 9.97 Å². The Balaban J connectivity index is 2.21. The zero-order valence-electron chi connectivity index (χ0n) is 10.4. The standard InChI is InChI=1S/C13H13BrFN3O/c1-2-7-16-13-17-8-9(14)12(18-13)19-11-6-4-3-5-10(11)15/h3-6,8H,2,7H2,1H3,(H,16,17,18). The van der Waals surface area contributed by atoms with E-state index in [1.807, 2.05) is 6.92 Å². The summed E-state index contributed by atoms with van der Waals surface area (Å²) in [4.78, 5) is 8.29. The summed E-state index contributed by atoms with van der Waals surface area (Å²) in [7, 11) is 0. The molecule has 6 heteroatoms. The van der Waals surface area contributed by atoms with Crippen LogP contribution in [0, 0.1) is 5.82 Å². The maximum atomic E-state index is 13.5. The Morgan fingerprint density at radius 1 is 1.37 bits per heavy atom. The molecule has 0 saturated carbocycles. The van der Waals surface area contributed by atoms with Crippen LogP contribution in [0.1, 0.15) is 13.3 Å². The number of nitrogens with one attached hydrogen (secondary N) is 1. The van der Waals surface area contributed by atoms with Crippen LogP contribution in [0.2, 0.25) is 0 Å².